The number of nitrogens with zero attached hydrogens (tertiary/aromatic N) is 5. The molecule has 7 aromatic rings. The molecule has 53 heavy (non-hydrogen) atoms. The molecule has 4 N–H and O–H groups in total. The van der Waals surface area contributed by atoms with Gasteiger partial charge in [0.15, 0.2) is 6.20 Å². The molecule has 7 heterocycles. The Balaban J connectivity index is 0.000000330. The van der Waals surface area contributed by atoms with Gasteiger partial charge in [0.05, 0.1) is 19.3 Å². The van der Waals surface area contributed by atoms with Gasteiger partial charge < -0.3 is 9.31 Å². The average Bonchev–Trinajstić information content (AvgIpc) is 3.89. The summed E-state index contributed by atoms with van der Waals surface area (Å²) in [6.07, 6.45) is 15.8. The first-order chi connectivity index (χ1) is 25.7. The van der Waals surface area contributed by atoms with Gasteiger partial charge in [-0.25, -0.2) is 0 Å². The summed E-state index contributed by atoms with van der Waals surface area (Å²) in [5.74, 6) is 1.20. The Bertz CT molecular complexity index is 1800. The molecule has 7 rings (SSSR count). The molecular formula is C34H33B2Br3N5O6S3+. The van der Waals surface area contributed by atoms with E-state index < -0.39 is 0 Å². The normalized spacial score (nSPS) is 9.09. The Morgan fingerprint density at radius 1 is 0.642 bits per heavy atom. The van der Waals surface area contributed by atoms with E-state index in [1.807, 2.05) is 43.8 Å². The molecular weight excluding hydrogens is 932 g/mol. The lowest BCUT2D eigenvalue weighted by atomic mass is 10.2. The van der Waals surface area contributed by atoms with Crippen molar-refractivity contribution in [2.75, 3.05) is 0 Å². The van der Waals surface area contributed by atoms with Gasteiger partial charge in [-0.05, 0) is 133 Å². The van der Waals surface area contributed by atoms with Crippen LogP contribution in [0.2, 0.25) is 0 Å². The molecule has 0 bridgehead atoms. The standard InChI is InChI=1S/C10H8BrNS.C9H8BrN2S.2C5H4BNO.C5H5BrS.2H2O2/c1-7-5-9(11)13-10(7)8-3-2-4-12-6-8;1-12-6-8(10)13-9(12)7-2-4-11-5-3-7;6-8-5-1-3-7-4-2-5;6-8-5-2-1-3-7-4-5;1-4-2-3-7-5(4)6;2*1-2/h2*2-6H,1H3;2*1-4H;2-3H,1H3;2*1-2H/q;+1;;;;;. The van der Waals surface area contributed by atoms with Crippen molar-refractivity contribution in [3.63, 3.8) is 0 Å². The number of hydrogen-bond acceptors (Lipinski definition) is 13. The molecule has 0 aliphatic rings. The molecule has 274 valence electrons. The molecule has 0 unspecified atom stereocenters. The van der Waals surface area contributed by atoms with Gasteiger partial charge in [-0.3, -0.25) is 41.0 Å². The zero-order valence-corrected chi connectivity index (χ0v) is 35.6. The number of hydrogen-bond donors (Lipinski definition) is 4. The summed E-state index contributed by atoms with van der Waals surface area (Å²) in [4.78, 5) is 16.9. The third-order valence-electron chi connectivity index (χ3n) is 5.90. The van der Waals surface area contributed by atoms with Crippen LogP contribution in [0.3, 0.4) is 0 Å². The average molecular weight is 965 g/mol. The van der Waals surface area contributed by atoms with Crippen LogP contribution in [0.4, 0.5) is 0 Å². The van der Waals surface area contributed by atoms with Gasteiger partial charge in [0.1, 0.15) is 22.3 Å². The Kier molecular flexibility index (Phi) is 26.1. The van der Waals surface area contributed by atoms with Gasteiger partial charge in [0.2, 0.25) is 0 Å². The lowest BCUT2D eigenvalue weighted by Gasteiger charge is -1.96. The van der Waals surface area contributed by atoms with E-state index in [1.165, 1.54) is 39.7 Å². The predicted molar refractivity (Wildman–Crippen MR) is 225 cm³/mol. The summed E-state index contributed by atoms with van der Waals surface area (Å²) in [5.41, 5.74) is 5.01. The second-order valence-corrected chi connectivity index (χ2v) is 16.6. The van der Waals surface area contributed by atoms with E-state index >= 15 is 0 Å². The molecule has 0 atom stereocenters. The van der Waals surface area contributed by atoms with Crippen molar-refractivity contribution in [3.05, 3.63) is 144 Å². The minimum absolute atomic E-state index is 0.576. The maximum Gasteiger partial charge on any atom is 0.374 e. The minimum atomic E-state index is 0.576. The summed E-state index contributed by atoms with van der Waals surface area (Å²) in [7, 11) is 11.7. The van der Waals surface area contributed by atoms with Crippen LogP contribution >= 0.6 is 81.8 Å². The van der Waals surface area contributed by atoms with Crippen LogP contribution < -0.4 is 13.9 Å². The second kappa shape index (κ2) is 29.1. The van der Waals surface area contributed by atoms with Crippen molar-refractivity contribution in [3.8, 4) is 32.5 Å². The lowest BCUT2D eigenvalue weighted by Crippen LogP contribution is -2.26. The van der Waals surface area contributed by atoms with Crippen LogP contribution in [-0.4, -0.2) is 57.1 Å². The summed E-state index contributed by atoms with van der Waals surface area (Å²) in [6.45, 7) is 4.20. The van der Waals surface area contributed by atoms with E-state index in [4.69, 9.17) is 37.1 Å². The molecule has 0 saturated heterocycles. The van der Waals surface area contributed by atoms with Crippen LogP contribution in [-0.2, 0) is 7.05 Å². The van der Waals surface area contributed by atoms with Gasteiger partial charge in [0, 0.05) is 53.8 Å². The van der Waals surface area contributed by atoms with E-state index in [2.05, 4.69) is 125 Å². The number of halogens is 3. The van der Waals surface area contributed by atoms with Gasteiger partial charge in [-0.2, -0.15) is 4.57 Å². The molecule has 4 radical (unpaired) electrons. The molecule has 19 heteroatoms. The topological polar surface area (TPSA) is 155 Å². The van der Waals surface area contributed by atoms with Crippen LogP contribution in [0, 0.1) is 13.8 Å². The summed E-state index contributed by atoms with van der Waals surface area (Å²) < 4.78 is 14.4. The zero-order chi connectivity index (χ0) is 39.4. The molecule has 7 aromatic heterocycles. The summed E-state index contributed by atoms with van der Waals surface area (Å²) in [5, 5.41) is 27.3. The molecule has 0 saturated carbocycles. The van der Waals surface area contributed by atoms with Gasteiger partial charge in [-0.1, -0.05) is 17.4 Å². The van der Waals surface area contributed by atoms with Crippen LogP contribution in [0.5, 0.6) is 11.5 Å². The molecule has 0 fully saturated rings. The highest BCUT2D eigenvalue weighted by atomic mass is 79.9. The van der Waals surface area contributed by atoms with E-state index in [9.17, 15) is 0 Å². The molecule has 0 spiro atoms. The number of thiophene rings is 2. The molecule has 11 nitrogen and oxygen atoms in total. The van der Waals surface area contributed by atoms with Crippen LogP contribution in [0.1, 0.15) is 11.1 Å². The Morgan fingerprint density at radius 3 is 1.58 bits per heavy atom. The summed E-state index contributed by atoms with van der Waals surface area (Å²) in [6, 6.07) is 19.1. The van der Waals surface area contributed by atoms with Crippen LogP contribution in [0.15, 0.2) is 133 Å². The first-order valence-electron chi connectivity index (χ1n) is 14.6. The van der Waals surface area contributed by atoms with Gasteiger partial charge in [0.25, 0.3) is 5.01 Å². The van der Waals surface area contributed by atoms with Crippen molar-refractivity contribution >= 4 is 97.9 Å². The second-order valence-electron chi connectivity index (χ2n) is 9.48. The zero-order valence-electron chi connectivity index (χ0n) is 28.4. The highest BCUT2D eigenvalue weighted by Gasteiger charge is 2.13. The van der Waals surface area contributed by atoms with E-state index in [-0.39, 0.29) is 0 Å². The molecule has 0 aliphatic carbocycles. The quantitative estimate of drug-likeness (QED) is 0.0580. The van der Waals surface area contributed by atoms with Gasteiger partial charge >= 0.3 is 16.1 Å². The lowest BCUT2D eigenvalue weighted by molar-refractivity contribution is -0.656. The molecule has 0 aromatic carbocycles. The van der Waals surface area contributed by atoms with E-state index in [1.54, 1.807) is 89.3 Å². The van der Waals surface area contributed by atoms with Gasteiger partial charge in [-0.15, -0.1) is 22.7 Å². The fraction of sp³-hybridized carbons (Fsp3) is 0.0882. The highest BCUT2D eigenvalue weighted by molar-refractivity contribution is 9.11. The number of aromatic nitrogens is 5. The monoisotopic (exact) mass is 962 g/mol. The van der Waals surface area contributed by atoms with Crippen molar-refractivity contribution in [2.45, 2.75) is 13.8 Å². The number of pyridine rings is 4. The largest absolute Gasteiger partial charge is 0.568 e. The highest BCUT2D eigenvalue weighted by Crippen LogP contribution is 2.34. The number of thiazole rings is 1. The van der Waals surface area contributed by atoms with Crippen molar-refractivity contribution in [2.24, 2.45) is 7.05 Å². The first kappa shape index (κ1) is 47.7. The third kappa shape index (κ3) is 19.0. The maximum absolute atomic E-state index is 6.00. The Labute approximate surface area is 347 Å². The third-order valence-corrected chi connectivity index (χ3v) is 11.4. The Morgan fingerprint density at radius 2 is 1.23 bits per heavy atom. The number of aryl methyl sites for hydroxylation is 3. The van der Waals surface area contributed by atoms with E-state index in [0.717, 1.165) is 3.79 Å². The summed E-state index contributed by atoms with van der Waals surface area (Å²) >= 11 is 15.5. The van der Waals surface area contributed by atoms with Crippen molar-refractivity contribution in [1.82, 2.24) is 19.9 Å². The smallest absolute Gasteiger partial charge is 0.374 e. The fourth-order valence-electron chi connectivity index (χ4n) is 3.57. The molecule has 0 aliphatic heterocycles. The first-order valence-corrected chi connectivity index (χ1v) is 19.5. The number of rotatable bonds is 4. The maximum atomic E-state index is 6.00. The minimum Gasteiger partial charge on any atom is -0.568 e. The SMILES string of the molecule is C[n+]1cc(Br)sc1-c1ccncc1.Cc1cc(Br)sc1-c1cccnc1.Cc1ccsc1Br.OO.OO.[B]Oc1cccnc1.[B]Oc1ccncc1. The Hall–Kier alpha value is -3.36. The predicted octanol–water partition coefficient (Wildman–Crippen LogP) is 10.2. The van der Waals surface area contributed by atoms with Crippen molar-refractivity contribution in [1.29, 1.82) is 0 Å². The van der Waals surface area contributed by atoms with E-state index in [0.29, 0.717) is 11.5 Å². The fourth-order valence-corrected chi connectivity index (χ4v) is 8.01. The van der Waals surface area contributed by atoms with Crippen LogP contribution in [0.25, 0.3) is 21.0 Å². The van der Waals surface area contributed by atoms with Crippen molar-refractivity contribution < 1.29 is 34.9 Å². The molecule has 0 amide bonds.